The molecule has 1 aromatic rings. The Labute approximate surface area is 129 Å². The number of hydrogen-bond donors (Lipinski definition) is 1. The van der Waals surface area contributed by atoms with Gasteiger partial charge < -0.3 is 5.32 Å². The summed E-state index contributed by atoms with van der Waals surface area (Å²) in [5.74, 6) is 0. The Balaban J connectivity index is 2.40. The normalized spacial score (nSPS) is 26.0. The highest BCUT2D eigenvalue weighted by molar-refractivity contribution is 6.30. The van der Waals surface area contributed by atoms with Gasteiger partial charge in [-0.15, -0.1) is 0 Å². The Morgan fingerprint density at radius 1 is 1.35 bits per heavy atom. The molecule has 20 heavy (non-hydrogen) atoms. The van der Waals surface area contributed by atoms with Crippen LogP contribution in [0, 0.1) is 5.41 Å². The third-order valence-corrected chi connectivity index (χ3v) is 4.48. The Bertz CT molecular complexity index is 475. The van der Waals surface area contributed by atoms with E-state index in [0.29, 0.717) is 11.5 Å². The largest absolute Gasteiger partial charge is 0.382 e. The number of hydrogen-bond acceptors (Lipinski definition) is 1. The van der Waals surface area contributed by atoms with E-state index in [4.69, 9.17) is 11.6 Å². The first-order valence-corrected chi connectivity index (χ1v) is 8.18. The van der Waals surface area contributed by atoms with Crippen molar-refractivity contribution in [3.63, 3.8) is 0 Å². The third-order valence-electron chi connectivity index (χ3n) is 4.25. The fourth-order valence-corrected chi connectivity index (χ4v) is 4.12. The fourth-order valence-electron chi connectivity index (χ4n) is 3.95. The zero-order valence-corrected chi connectivity index (χ0v) is 14.3. The van der Waals surface area contributed by atoms with Crippen molar-refractivity contribution in [2.45, 2.75) is 71.8 Å². The van der Waals surface area contributed by atoms with Gasteiger partial charge in [-0.3, -0.25) is 0 Å². The zero-order valence-electron chi connectivity index (χ0n) is 13.5. The molecule has 1 aliphatic rings. The molecule has 2 rings (SSSR count). The maximum absolute atomic E-state index is 6.19. The maximum Gasteiger partial charge on any atom is 0.0426 e. The van der Waals surface area contributed by atoms with Gasteiger partial charge in [0.1, 0.15) is 0 Å². The summed E-state index contributed by atoms with van der Waals surface area (Å²) in [6.45, 7) is 11.7. The van der Waals surface area contributed by atoms with Crippen LogP contribution < -0.4 is 5.32 Å². The lowest BCUT2D eigenvalue weighted by Gasteiger charge is -2.44. The van der Waals surface area contributed by atoms with Crippen LogP contribution in [0.1, 0.15) is 65.9 Å². The summed E-state index contributed by atoms with van der Waals surface area (Å²) in [6.07, 6.45) is 4.87. The Morgan fingerprint density at radius 3 is 2.65 bits per heavy atom. The predicted molar refractivity (Wildman–Crippen MR) is 89.8 cm³/mol. The van der Waals surface area contributed by atoms with Crippen molar-refractivity contribution >= 4 is 17.3 Å². The number of halogens is 1. The van der Waals surface area contributed by atoms with Gasteiger partial charge >= 0.3 is 0 Å². The molecule has 112 valence electrons. The van der Waals surface area contributed by atoms with Crippen LogP contribution in [0.5, 0.6) is 0 Å². The highest BCUT2D eigenvalue weighted by Gasteiger charge is 2.38. The Hall–Kier alpha value is -0.690. The second-order valence-electron chi connectivity index (χ2n) is 7.82. The lowest BCUT2D eigenvalue weighted by molar-refractivity contribution is 0.239. The smallest absolute Gasteiger partial charge is 0.0426 e. The third kappa shape index (κ3) is 3.49. The molecule has 0 radical (unpaired) electrons. The van der Waals surface area contributed by atoms with E-state index >= 15 is 0 Å². The summed E-state index contributed by atoms with van der Waals surface area (Å²) in [4.78, 5) is 0. The molecule has 0 unspecified atom stereocenters. The van der Waals surface area contributed by atoms with Crippen molar-refractivity contribution in [3.8, 4) is 0 Å². The molecule has 0 spiro atoms. The van der Waals surface area contributed by atoms with Gasteiger partial charge in [0.15, 0.2) is 0 Å². The van der Waals surface area contributed by atoms with Crippen LogP contribution in [-0.2, 0) is 5.41 Å². The van der Waals surface area contributed by atoms with E-state index in [2.05, 4.69) is 52.1 Å². The van der Waals surface area contributed by atoms with E-state index in [-0.39, 0.29) is 5.41 Å². The first-order valence-electron chi connectivity index (χ1n) is 7.80. The van der Waals surface area contributed by atoms with E-state index < -0.39 is 0 Å². The van der Waals surface area contributed by atoms with Crippen molar-refractivity contribution in [1.82, 2.24) is 0 Å². The summed E-state index contributed by atoms with van der Waals surface area (Å²) in [6, 6.07) is 6.92. The molecule has 0 saturated carbocycles. The average Bonchev–Trinajstić information content (AvgIpc) is 2.25. The molecule has 0 saturated heterocycles. The lowest BCUT2D eigenvalue weighted by atomic mass is 9.65. The van der Waals surface area contributed by atoms with Gasteiger partial charge in [-0.1, -0.05) is 58.7 Å². The van der Waals surface area contributed by atoms with Gasteiger partial charge in [0, 0.05) is 16.8 Å². The number of anilines is 1. The predicted octanol–water partition coefficient (Wildman–Crippen LogP) is 6.02. The van der Waals surface area contributed by atoms with Gasteiger partial charge in [-0.25, -0.2) is 0 Å². The molecular formula is C18H28ClN. The van der Waals surface area contributed by atoms with Gasteiger partial charge in [-0.05, 0) is 47.8 Å². The molecule has 2 atom stereocenters. The van der Waals surface area contributed by atoms with E-state index in [1.165, 1.54) is 36.9 Å². The van der Waals surface area contributed by atoms with Crippen LogP contribution in [0.15, 0.2) is 18.2 Å². The molecule has 1 nitrogen and oxygen atoms in total. The van der Waals surface area contributed by atoms with Crippen molar-refractivity contribution in [1.29, 1.82) is 0 Å². The molecule has 1 aliphatic heterocycles. The molecule has 1 N–H and O–H groups in total. The van der Waals surface area contributed by atoms with Crippen LogP contribution in [-0.4, -0.2) is 6.04 Å². The molecular weight excluding hydrogens is 266 g/mol. The van der Waals surface area contributed by atoms with Gasteiger partial charge in [0.05, 0.1) is 0 Å². The fraction of sp³-hybridized carbons (Fsp3) is 0.667. The molecule has 0 amide bonds. The highest BCUT2D eigenvalue weighted by atomic mass is 35.5. The standard InChI is InChI=1S/C18H28ClN/c1-6-7-14-11-18(5,12-17(2,3)4)15-9-8-13(19)10-16(15)20-14/h8-10,14,20H,6-7,11-12H2,1-5H3/t14-,18+/m1/s1. The van der Waals surface area contributed by atoms with Crippen molar-refractivity contribution in [2.24, 2.45) is 5.41 Å². The van der Waals surface area contributed by atoms with Crippen LogP contribution in [0.3, 0.4) is 0 Å². The van der Waals surface area contributed by atoms with Gasteiger partial charge in [-0.2, -0.15) is 0 Å². The van der Waals surface area contributed by atoms with Crippen LogP contribution in [0.2, 0.25) is 5.02 Å². The topological polar surface area (TPSA) is 12.0 Å². The Morgan fingerprint density at radius 2 is 2.05 bits per heavy atom. The van der Waals surface area contributed by atoms with Gasteiger partial charge in [0.2, 0.25) is 0 Å². The van der Waals surface area contributed by atoms with Crippen molar-refractivity contribution < 1.29 is 0 Å². The van der Waals surface area contributed by atoms with E-state index in [1.54, 1.807) is 0 Å². The van der Waals surface area contributed by atoms with Crippen LogP contribution >= 0.6 is 11.6 Å². The molecule has 1 aromatic carbocycles. The van der Waals surface area contributed by atoms with E-state index in [9.17, 15) is 0 Å². The van der Waals surface area contributed by atoms with Crippen LogP contribution in [0.4, 0.5) is 5.69 Å². The monoisotopic (exact) mass is 293 g/mol. The van der Waals surface area contributed by atoms with E-state index in [1.807, 2.05) is 6.07 Å². The second-order valence-corrected chi connectivity index (χ2v) is 8.26. The highest BCUT2D eigenvalue weighted by Crippen LogP contribution is 2.47. The molecule has 0 aliphatic carbocycles. The first-order chi connectivity index (χ1) is 9.23. The minimum atomic E-state index is 0.239. The minimum Gasteiger partial charge on any atom is -0.382 e. The number of fused-ring (bicyclic) bond motifs is 1. The number of benzene rings is 1. The SMILES string of the molecule is CCC[C@@H]1C[C@@](C)(CC(C)(C)C)c2ccc(Cl)cc2N1. The summed E-state index contributed by atoms with van der Waals surface area (Å²) < 4.78 is 0. The molecule has 0 aromatic heterocycles. The van der Waals surface area contributed by atoms with Crippen LogP contribution in [0.25, 0.3) is 0 Å². The molecule has 0 fully saturated rings. The van der Waals surface area contributed by atoms with Crippen molar-refractivity contribution in [2.75, 3.05) is 5.32 Å². The summed E-state index contributed by atoms with van der Waals surface area (Å²) in [5.41, 5.74) is 3.25. The van der Waals surface area contributed by atoms with Crippen molar-refractivity contribution in [3.05, 3.63) is 28.8 Å². The molecule has 2 heteroatoms. The lowest BCUT2D eigenvalue weighted by Crippen LogP contribution is -2.40. The first kappa shape index (κ1) is 15.7. The summed E-state index contributed by atoms with van der Waals surface area (Å²) >= 11 is 6.19. The molecule has 1 heterocycles. The maximum atomic E-state index is 6.19. The average molecular weight is 294 g/mol. The zero-order chi connectivity index (χ0) is 15.0. The summed E-state index contributed by atoms with van der Waals surface area (Å²) in [5, 5.41) is 4.52. The number of nitrogens with one attached hydrogen (secondary N) is 1. The minimum absolute atomic E-state index is 0.239. The second kappa shape index (κ2) is 5.60. The Kier molecular flexibility index (Phi) is 4.39. The van der Waals surface area contributed by atoms with Gasteiger partial charge in [0.25, 0.3) is 0 Å². The molecule has 0 bridgehead atoms. The summed E-state index contributed by atoms with van der Waals surface area (Å²) in [7, 11) is 0. The van der Waals surface area contributed by atoms with E-state index in [0.717, 1.165) is 5.02 Å². The quantitative estimate of drug-likeness (QED) is 0.718. The number of rotatable bonds is 3.